The van der Waals surface area contributed by atoms with E-state index in [-0.39, 0.29) is 31.1 Å². The van der Waals surface area contributed by atoms with Gasteiger partial charge in [-0.25, -0.2) is 0 Å². The molecule has 0 aromatic heterocycles. The molecule has 390 valence electrons. The first-order chi connectivity index (χ1) is 33.5. The Balaban J connectivity index is 4.38. The van der Waals surface area contributed by atoms with Crippen LogP contribution >= 0.6 is 0 Å². The molecule has 0 saturated carbocycles. The smallest absolute Gasteiger partial charge is 0.306 e. The number of allylic oxidation sites excluding steroid dienone is 14. The normalized spacial score (nSPS) is 12.7. The molecule has 0 amide bonds. The van der Waals surface area contributed by atoms with Crippen LogP contribution in [0.2, 0.25) is 0 Å². The van der Waals surface area contributed by atoms with Crippen LogP contribution < -0.4 is 0 Å². The van der Waals surface area contributed by atoms with Crippen molar-refractivity contribution in [1.82, 2.24) is 0 Å². The number of hydrogen-bond donors (Lipinski definition) is 0. The summed E-state index contributed by atoms with van der Waals surface area (Å²) in [7, 11) is 0. The molecular formula is C62H106O6. The van der Waals surface area contributed by atoms with Crippen molar-refractivity contribution < 1.29 is 28.6 Å². The highest BCUT2D eigenvalue weighted by Gasteiger charge is 2.19. The predicted octanol–water partition coefficient (Wildman–Crippen LogP) is 19.2. The van der Waals surface area contributed by atoms with Gasteiger partial charge in [0.1, 0.15) is 13.2 Å². The van der Waals surface area contributed by atoms with Crippen LogP contribution in [0.15, 0.2) is 85.1 Å². The Bertz CT molecular complexity index is 1320. The summed E-state index contributed by atoms with van der Waals surface area (Å²) in [6.07, 6.45) is 72.9. The summed E-state index contributed by atoms with van der Waals surface area (Å²) in [5.74, 6) is -0.928. The Hall–Kier alpha value is -3.41. The van der Waals surface area contributed by atoms with E-state index >= 15 is 0 Å². The lowest BCUT2D eigenvalue weighted by molar-refractivity contribution is -0.167. The van der Waals surface area contributed by atoms with E-state index in [2.05, 4.69) is 75.5 Å². The minimum absolute atomic E-state index is 0.0905. The first-order valence-corrected chi connectivity index (χ1v) is 28.6. The maximum atomic E-state index is 12.9. The Morgan fingerprint density at radius 1 is 0.324 bits per heavy atom. The molecule has 6 nitrogen and oxygen atoms in total. The third-order valence-electron chi connectivity index (χ3n) is 12.2. The van der Waals surface area contributed by atoms with Crippen molar-refractivity contribution in [3.8, 4) is 0 Å². The van der Waals surface area contributed by atoms with E-state index in [0.717, 1.165) is 89.9 Å². The second-order valence-corrected chi connectivity index (χ2v) is 18.9. The number of hydrogen-bond acceptors (Lipinski definition) is 6. The average molecular weight is 948 g/mol. The van der Waals surface area contributed by atoms with Crippen molar-refractivity contribution in [3.63, 3.8) is 0 Å². The zero-order chi connectivity index (χ0) is 49.3. The Labute approximate surface area is 420 Å². The van der Waals surface area contributed by atoms with E-state index in [1.54, 1.807) is 0 Å². The minimum Gasteiger partial charge on any atom is -0.462 e. The molecule has 0 aliphatic carbocycles. The summed E-state index contributed by atoms with van der Waals surface area (Å²) < 4.78 is 16.8. The lowest BCUT2D eigenvalue weighted by Gasteiger charge is -2.18. The highest BCUT2D eigenvalue weighted by molar-refractivity contribution is 5.71. The van der Waals surface area contributed by atoms with Gasteiger partial charge in [-0.05, 0) is 70.6 Å². The molecule has 0 aliphatic rings. The van der Waals surface area contributed by atoms with Crippen LogP contribution in [0.5, 0.6) is 0 Å². The fourth-order valence-corrected chi connectivity index (χ4v) is 8.00. The molecule has 0 fully saturated rings. The number of esters is 3. The number of ether oxygens (including phenoxy) is 3. The van der Waals surface area contributed by atoms with Crippen LogP contribution in [0.4, 0.5) is 0 Å². The van der Waals surface area contributed by atoms with Crippen molar-refractivity contribution >= 4 is 17.9 Å². The second kappa shape index (κ2) is 56.2. The summed E-state index contributed by atoms with van der Waals surface area (Å²) in [4.78, 5) is 38.1. The molecule has 0 radical (unpaired) electrons. The summed E-state index contributed by atoms with van der Waals surface area (Å²) in [6.45, 7) is 6.37. The third-order valence-corrected chi connectivity index (χ3v) is 12.2. The van der Waals surface area contributed by atoms with Crippen molar-refractivity contribution in [2.45, 2.75) is 277 Å². The second-order valence-electron chi connectivity index (χ2n) is 18.9. The van der Waals surface area contributed by atoms with Gasteiger partial charge < -0.3 is 14.2 Å². The van der Waals surface area contributed by atoms with Crippen LogP contribution in [0.25, 0.3) is 0 Å². The van der Waals surface area contributed by atoms with Gasteiger partial charge in [-0.1, -0.05) is 266 Å². The molecule has 0 spiro atoms. The topological polar surface area (TPSA) is 78.9 Å². The summed E-state index contributed by atoms with van der Waals surface area (Å²) in [5.41, 5.74) is 0. The van der Waals surface area contributed by atoms with Gasteiger partial charge in [0.15, 0.2) is 6.10 Å². The van der Waals surface area contributed by atoms with E-state index in [0.29, 0.717) is 19.3 Å². The standard InChI is InChI=1S/C62H106O6/c1-4-7-10-13-16-19-22-25-27-29-31-33-34-37-40-43-46-49-52-55-61(64)67-58-59(57-66-60(63)54-51-48-45-42-39-36-24-21-18-15-12-9-6-3)68-62(65)56-53-50-47-44-41-38-35-32-30-28-26-23-20-17-14-11-8-5-2/h7,9-10,12,15-16,18-19,21,24-25,27,36,39,59H,4-6,8,11,13-14,17,20,22-23,26,28-35,37-38,40-58H2,1-3H3/b10-7-,12-9-,18-15-,19-16-,24-21-,27-25-,39-36-. The predicted molar refractivity (Wildman–Crippen MR) is 293 cm³/mol. The van der Waals surface area contributed by atoms with Gasteiger partial charge in [-0.3, -0.25) is 14.4 Å². The maximum Gasteiger partial charge on any atom is 0.306 e. The zero-order valence-corrected chi connectivity index (χ0v) is 44.6. The van der Waals surface area contributed by atoms with E-state index in [9.17, 15) is 14.4 Å². The van der Waals surface area contributed by atoms with Crippen LogP contribution in [-0.2, 0) is 28.6 Å². The summed E-state index contributed by atoms with van der Waals surface area (Å²) in [5, 5.41) is 0. The van der Waals surface area contributed by atoms with Gasteiger partial charge in [0.2, 0.25) is 0 Å². The molecule has 0 aromatic rings. The van der Waals surface area contributed by atoms with Gasteiger partial charge in [0.25, 0.3) is 0 Å². The van der Waals surface area contributed by atoms with Crippen molar-refractivity contribution in [2.24, 2.45) is 0 Å². The fraction of sp³-hybridized carbons (Fsp3) is 0.726. The highest BCUT2D eigenvalue weighted by atomic mass is 16.6. The molecule has 0 aliphatic heterocycles. The largest absolute Gasteiger partial charge is 0.462 e. The Kier molecular flexibility index (Phi) is 53.4. The van der Waals surface area contributed by atoms with Crippen molar-refractivity contribution in [3.05, 3.63) is 85.1 Å². The molecule has 0 aromatic carbocycles. The summed E-state index contributed by atoms with van der Waals surface area (Å²) in [6, 6.07) is 0. The molecule has 0 heterocycles. The van der Waals surface area contributed by atoms with Crippen LogP contribution in [0.1, 0.15) is 271 Å². The molecular weight excluding hydrogens is 841 g/mol. The third kappa shape index (κ3) is 53.5. The Morgan fingerprint density at radius 2 is 0.647 bits per heavy atom. The first kappa shape index (κ1) is 64.6. The van der Waals surface area contributed by atoms with Gasteiger partial charge in [0.05, 0.1) is 0 Å². The molecule has 0 saturated heterocycles. The van der Waals surface area contributed by atoms with Gasteiger partial charge >= 0.3 is 17.9 Å². The maximum absolute atomic E-state index is 12.9. The molecule has 0 N–H and O–H groups in total. The molecule has 1 atom stereocenters. The van der Waals surface area contributed by atoms with Crippen molar-refractivity contribution in [1.29, 1.82) is 0 Å². The van der Waals surface area contributed by atoms with Gasteiger partial charge in [0, 0.05) is 19.3 Å². The lowest BCUT2D eigenvalue weighted by Crippen LogP contribution is -2.30. The van der Waals surface area contributed by atoms with Crippen LogP contribution in [-0.4, -0.2) is 37.2 Å². The first-order valence-electron chi connectivity index (χ1n) is 28.6. The molecule has 0 bridgehead atoms. The minimum atomic E-state index is -0.794. The highest BCUT2D eigenvalue weighted by Crippen LogP contribution is 2.16. The van der Waals surface area contributed by atoms with E-state index in [1.807, 2.05) is 30.4 Å². The number of unbranched alkanes of at least 4 members (excludes halogenated alkanes) is 29. The van der Waals surface area contributed by atoms with E-state index in [4.69, 9.17) is 14.2 Å². The SMILES string of the molecule is CC\C=C/C=C\C=C/C=C\CCCCCC(=O)OCC(COC(=O)CCCCCCCCCCC/C=C\C/C=C\C/C=C\CC)OC(=O)CCCCCCCCCCCCCCCCCCCC. The number of rotatable bonds is 51. The van der Waals surface area contributed by atoms with Crippen molar-refractivity contribution in [2.75, 3.05) is 13.2 Å². The summed E-state index contributed by atoms with van der Waals surface area (Å²) >= 11 is 0. The lowest BCUT2D eigenvalue weighted by atomic mass is 10.0. The molecule has 68 heavy (non-hydrogen) atoms. The van der Waals surface area contributed by atoms with Gasteiger partial charge in [-0.15, -0.1) is 0 Å². The molecule has 1 unspecified atom stereocenters. The quantitative estimate of drug-likeness (QED) is 0.0199. The van der Waals surface area contributed by atoms with Gasteiger partial charge in [-0.2, -0.15) is 0 Å². The monoisotopic (exact) mass is 947 g/mol. The number of carbonyl (C=O) groups is 3. The van der Waals surface area contributed by atoms with Crippen LogP contribution in [0, 0.1) is 0 Å². The van der Waals surface area contributed by atoms with E-state index in [1.165, 1.54) is 141 Å². The Morgan fingerprint density at radius 3 is 1.09 bits per heavy atom. The molecule has 0 rings (SSSR count). The van der Waals surface area contributed by atoms with Crippen LogP contribution in [0.3, 0.4) is 0 Å². The molecule has 6 heteroatoms. The average Bonchev–Trinajstić information content (AvgIpc) is 3.34. The number of carbonyl (C=O) groups excluding carboxylic acids is 3. The van der Waals surface area contributed by atoms with E-state index < -0.39 is 6.10 Å². The fourth-order valence-electron chi connectivity index (χ4n) is 8.00. The zero-order valence-electron chi connectivity index (χ0n) is 44.6.